The van der Waals surface area contributed by atoms with E-state index in [9.17, 15) is 9.46 Å². The maximum Gasteiger partial charge on any atom is 0.584 e. The molecule has 1 heterocycles. The monoisotopic (exact) mass is 590 g/mol. The molecule has 0 saturated carbocycles. The van der Waals surface area contributed by atoms with Crippen LogP contribution in [0.2, 0.25) is 10.0 Å². The fourth-order valence-corrected chi connectivity index (χ4v) is 8.77. The van der Waals surface area contributed by atoms with Crippen molar-refractivity contribution in [2.45, 2.75) is 56.8 Å². The van der Waals surface area contributed by atoms with Gasteiger partial charge in [-0.25, -0.2) is 4.57 Å². The molecule has 3 aliphatic rings. The molecule has 0 fully saturated rings. The second kappa shape index (κ2) is 8.39. The van der Waals surface area contributed by atoms with Gasteiger partial charge in [0, 0.05) is 37.7 Å². The Morgan fingerprint density at radius 2 is 1.02 bits per heavy atom. The molecule has 7 heteroatoms. The quantitative estimate of drug-likeness (QED) is 0.236. The number of hydrogen-bond donors (Lipinski definition) is 1. The molecule has 0 bridgehead atoms. The summed E-state index contributed by atoms with van der Waals surface area (Å²) < 4.78 is 26.2. The van der Waals surface area contributed by atoms with Crippen LogP contribution in [-0.4, -0.2) is 4.89 Å². The summed E-state index contributed by atoms with van der Waals surface area (Å²) >= 11 is 12.4. The topological polar surface area (TPSA) is 55.8 Å². The van der Waals surface area contributed by atoms with Crippen LogP contribution in [0.1, 0.15) is 62.8 Å². The fourth-order valence-electron chi connectivity index (χ4n) is 7.64. The Bertz CT molecular complexity index is 1630. The first kappa shape index (κ1) is 26.2. The van der Waals surface area contributed by atoms with Gasteiger partial charge < -0.3 is 9.05 Å². The van der Waals surface area contributed by atoms with E-state index in [2.05, 4.69) is 39.8 Å². The fraction of sp³-hybridized carbons (Fsp3) is 0.273. The molecule has 4 aromatic carbocycles. The molecular weight excluding hydrogens is 562 g/mol. The normalized spacial score (nSPS) is 20.0. The first-order chi connectivity index (χ1) is 18.8. The Balaban J connectivity index is 1.61. The lowest BCUT2D eigenvalue weighted by Crippen LogP contribution is -2.29. The maximum atomic E-state index is 13.9. The standard InChI is InChI=1S/C33H29Cl2O4P/c1-31(2)17-33-18-32(3,4)26-16-14-24(20-7-11-22(35)12-8-20)30(28(26)33)39-40(36,37)38-29-23(13-15-25(31)27(29)33)19-5-9-21(34)10-6-19/h5-16H,17-18H2,1-4H3,(H,36,37). The zero-order valence-electron chi connectivity index (χ0n) is 22.7. The third-order valence-electron chi connectivity index (χ3n) is 8.94. The van der Waals surface area contributed by atoms with Gasteiger partial charge >= 0.3 is 7.82 Å². The van der Waals surface area contributed by atoms with Gasteiger partial charge in [0.2, 0.25) is 0 Å². The average molecular weight is 591 g/mol. The minimum absolute atomic E-state index is 0.207. The van der Waals surface area contributed by atoms with Crippen LogP contribution in [0.5, 0.6) is 11.5 Å². The summed E-state index contributed by atoms with van der Waals surface area (Å²) in [5.41, 5.74) is 6.55. The lowest BCUT2D eigenvalue weighted by Gasteiger charge is -2.35. The van der Waals surface area contributed by atoms with Crippen LogP contribution >= 0.6 is 31.0 Å². The molecule has 0 amide bonds. The lowest BCUT2D eigenvalue weighted by molar-refractivity contribution is 0.276. The Hall–Kier alpha value is -2.75. The van der Waals surface area contributed by atoms with E-state index in [1.807, 2.05) is 60.7 Å². The number of benzene rings is 4. The molecule has 4 aromatic rings. The van der Waals surface area contributed by atoms with E-state index in [-0.39, 0.29) is 10.8 Å². The molecule has 0 atom stereocenters. The highest BCUT2D eigenvalue weighted by atomic mass is 35.5. The van der Waals surface area contributed by atoms with Gasteiger partial charge in [0.25, 0.3) is 0 Å². The largest absolute Gasteiger partial charge is 0.584 e. The lowest BCUT2D eigenvalue weighted by atomic mass is 9.71. The van der Waals surface area contributed by atoms with Crippen LogP contribution in [-0.2, 0) is 20.8 Å². The van der Waals surface area contributed by atoms with Gasteiger partial charge in [-0.2, -0.15) is 0 Å². The van der Waals surface area contributed by atoms with Crippen molar-refractivity contribution in [1.82, 2.24) is 0 Å². The maximum absolute atomic E-state index is 13.9. The van der Waals surface area contributed by atoms with Crippen LogP contribution in [0.3, 0.4) is 0 Å². The first-order valence-electron chi connectivity index (χ1n) is 13.4. The Morgan fingerprint density at radius 1 is 0.650 bits per heavy atom. The van der Waals surface area contributed by atoms with Crippen LogP contribution in [0.25, 0.3) is 22.3 Å². The number of hydrogen-bond acceptors (Lipinski definition) is 3. The number of phosphoric ester groups is 1. The van der Waals surface area contributed by atoms with E-state index in [1.165, 1.54) is 0 Å². The van der Waals surface area contributed by atoms with Gasteiger partial charge in [0.05, 0.1) is 0 Å². The van der Waals surface area contributed by atoms with Gasteiger partial charge in [-0.3, -0.25) is 4.89 Å². The molecule has 0 unspecified atom stereocenters. The summed E-state index contributed by atoms with van der Waals surface area (Å²) in [6.45, 7) is 8.99. The zero-order valence-corrected chi connectivity index (χ0v) is 25.1. The number of phosphoric acid groups is 1. The molecule has 2 aliphatic carbocycles. The second-order valence-electron chi connectivity index (χ2n) is 12.6. The molecule has 1 N–H and O–H groups in total. The highest BCUT2D eigenvalue weighted by Crippen LogP contribution is 2.70. The third-order valence-corrected chi connectivity index (χ3v) is 10.3. The van der Waals surface area contributed by atoms with Gasteiger partial charge in [-0.1, -0.05) is 99.4 Å². The Kier molecular flexibility index (Phi) is 5.49. The average Bonchev–Trinajstić information content (AvgIpc) is 3.24. The molecule has 0 saturated heterocycles. The van der Waals surface area contributed by atoms with Crippen molar-refractivity contribution in [1.29, 1.82) is 0 Å². The number of halogens is 2. The Morgan fingerprint density at radius 3 is 1.40 bits per heavy atom. The number of rotatable bonds is 2. The van der Waals surface area contributed by atoms with Crippen LogP contribution in [0.15, 0.2) is 72.8 Å². The smallest absolute Gasteiger partial charge is 0.394 e. The van der Waals surface area contributed by atoms with Gasteiger partial charge in [-0.05, 0) is 70.2 Å². The minimum atomic E-state index is -4.61. The van der Waals surface area contributed by atoms with Gasteiger partial charge in [0.15, 0.2) is 0 Å². The SMILES string of the molecule is CC1(C)CC23CC(C)(C)c4ccc(-c5ccc(Cl)cc5)c(c42)OP(=O)(O)Oc2c(-c4ccc(Cl)cc4)ccc1c23. The van der Waals surface area contributed by atoms with Crippen LogP contribution in [0, 0.1) is 0 Å². The van der Waals surface area contributed by atoms with E-state index >= 15 is 0 Å². The van der Waals surface area contributed by atoms with Crippen molar-refractivity contribution in [2.24, 2.45) is 0 Å². The van der Waals surface area contributed by atoms with E-state index < -0.39 is 13.2 Å². The molecule has 40 heavy (non-hydrogen) atoms. The third kappa shape index (κ3) is 3.73. The van der Waals surface area contributed by atoms with E-state index in [0.717, 1.165) is 57.3 Å². The molecule has 1 aliphatic heterocycles. The van der Waals surface area contributed by atoms with Gasteiger partial charge in [-0.15, -0.1) is 0 Å². The van der Waals surface area contributed by atoms with Crippen LogP contribution < -0.4 is 9.05 Å². The molecule has 0 aromatic heterocycles. The summed E-state index contributed by atoms with van der Waals surface area (Å²) in [7, 11) is -4.61. The van der Waals surface area contributed by atoms with Gasteiger partial charge in [0.1, 0.15) is 11.5 Å². The molecule has 1 spiro atoms. The second-order valence-corrected chi connectivity index (χ2v) is 14.8. The van der Waals surface area contributed by atoms with E-state index in [1.54, 1.807) is 0 Å². The predicted octanol–water partition coefficient (Wildman–Crippen LogP) is 9.85. The summed E-state index contributed by atoms with van der Waals surface area (Å²) in [6, 6.07) is 23.2. The van der Waals surface area contributed by atoms with Crippen molar-refractivity contribution in [3.05, 3.63) is 105 Å². The van der Waals surface area contributed by atoms with Crippen molar-refractivity contribution in [3.8, 4) is 33.8 Å². The molecule has 204 valence electrons. The van der Waals surface area contributed by atoms with E-state index in [0.29, 0.717) is 21.5 Å². The summed E-state index contributed by atoms with van der Waals surface area (Å²) in [6.07, 6.45) is 1.64. The highest BCUT2D eigenvalue weighted by molar-refractivity contribution is 7.48. The summed E-state index contributed by atoms with van der Waals surface area (Å²) in [5, 5.41) is 1.24. The van der Waals surface area contributed by atoms with E-state index in [4.69, 9.17) is 32.2 Å². The van der Waals surface area contributed by atoms with Crippen molar-refractivity contribution >= 4 is 31.0 Å². The summed E-state index contributed by atoms with van der Waals surface area (Å²) in [5.74, 6) is 0.838. The highest BCUT2D eigenvalue weighted by Gasteiger charge is 2.61. The molecule has 4 nitrogen and oxygen atoms in total. The molecule has 7 rings (SSSR count). The predicted molar refractivity (Wildman–Crippen MR) is 161 cm³/mol. The molecule has 0 radical (unpaired) electrons. The first-order valence-corrected chi connectivity index (χ1v) is 15.7. The van der Waals surface area contributed by atoms with Crippen molar-refractivity contribution in [3.63, 3.8) is 0 Å². The summed E-state index contributed by atoms with van der Waals surface area (Å²) in [4.78, 5) is 11.3. The van der Waals surface area contributed by atoms with Crippen LogP contribution in [0.4, 0.5) is 0 Å². The minimum Gasteiger partial charge on any atom is -0.394 e. The van der Waals surface area contributed by atoms with Crippen molar-refractivity contribution in [2.75, 3.05) is 0 Å². The Labute approximate surface area is 244 Å². The van der Waals surface area contributed by atoms with Crippen molar-refractivity contribution < 1.29 is 18.5 Å². The molecular formula is C33H29Cl2O4P. The zero-order chi connectivity index (χ0) is 28.2.